The molecule has 1 N–H and O–H groups in total. The normalized spacial score (nSPS) is 38.2. The van der Waals surface area contributed by atoms with Gasteiger partial charge < -0.3 is 15.0 Å². The number of nitrogens with zero attached hydrogens (tertiary/aromatic N) is 1. The number of anilines is 1. The summed E-state index contributed by atoms with van der Waals surface area (Å²) in [4.78, 5) is 27.2. The van der Waals surface area contributed by atoms with E-state index in [-0.39, 0.29) is 35.6 Å². The number of carbonyl (C=O) groups excluding carboxylic acids is 2. The first-order chi connectivity index (χ1) is 12.0. The molecule has 1 aromatic rings. The van der Waals surface area contributed by atoms with Gasteiger partial charge in [-0.15, -0.1) is 0 Å². The van der Waals surface area contributed by atoms with E-state index < -0.39 is 5.41 Å². The molecule has 0 unspecified atom stereocenters. The quantitative estimate of drug-likeness (QED) is 0.848. The predicted octanol–water partition coefficient (Wildman–Crippen LogP) is 1.77. The van der Waals surface area contributed by atoms with Gasteiger partial charge >= 0.3 is 0 Å². The number of allylic oxidation sites excluding steroid dienone is 1. The van der Waals surface area contributed by atoms with E-state index in [1.807, 2.05) is 25.2 Å². The Kier molecular flexibility index (Phi) is 2.99. The summed E-state index contributed by atoms with van der Waals surface area (Å²) in [5.41, 5.74) is 2.44. The predicted molar refractivity (Wildman–Crippen MR) is 93.2 cm³/mol. The summed E-state index contributed by atoms with van der Waals surface area (Å²) in [6.45, 7) is 2.23. The summed E-state index contributed by atoms with van der Waals surface area (Å²) in [6, 6.07) is 8.41. The molecule has 1 spiro atoms. The molecule has 0 aliphatic carbocycles. The number of hydrogen-bond donors (Lipinski definition) is 1. The number of para-hydroxylation sites is 1. The van der Waals surface area contributed by atoms with Crippen molar-refractivity contribution in [3.63, 3.8) is 0 Å². The fourth-order valence-electron chi connectivity index (χ4n) is 5.67. The molecule has 5 rings (SSSR count). The monoisotopic (exact) mass is 338 g/mol. The molecule has 130 valence electrons. The van der Waals surface area contributed by atoms with E-state index in [9.17, 15) is 9.59 Å². The summed E-state index contributed by atoms with van der Waals surface area (Å²) in [5.74, 6) is 0.708. The largest absolute Gasteiger partial charge is 0.500 e. The van der Waals surface area contributed by atoms with Crippen LogP contribution < -0.4 is 10.2 Å². The molecule has 2 fully saturated rings. The number of fused-ring (bicyclic) bond motifs is 7. The van der Waals surface area contributed by atoms with Crippen molar-refractivity contribution in [1.29, 1.82) is 0 Å². The van der Waals surface area contributed by atoms with E-state index in [4.69, 9.17) is 4.74 Å². The maximum absolute atomic E-state index is 13.3. The van der Waals surface area contributed by atoms with Crippen LogP contribution in [0, 0.1) is 11.8 Å². The van der Waals surface area contributed by atoms with Crippen molar-refractivity contribution in [2.24, 2.45) is 11.8 Å². The number of amides is 1. The third kappa shape index (κ3) is 1.77. The Morgan fingerprint density at radius 2 is 2.16 bits per heavy atom. The van der Waals surface area contributed by atoms with Gasteiger partial charge in [0.05, 0.1) is 18.3 Å². The average molecular weight is 338 g/mol. The number of nitrogens with one attached hydrogen (secondary N) is 1. The maximum Gasteiger partial charge on any atom is 0.239 e. The summed E-state index contributed by atoms with van der Waals surface area (Å²) in [7, 11) is 1.87. The molecule has 5 heteroatoms. The second-order valence-electron chi connectivity index (χ2n) is 7.85. The van der Waals surface area contributed by atoms with Crippen LogP contribution >= 0.6 is 0 Å². The molecule has 4 aliphatic rings. The SMILES string of the molecule is CC(=O)C1=COC[C@@H]2[C@@H]3C[C@@]4(C(=O)N(C)c5ccccc54)[C@H](C[C@H]12)N3. The lowest BCUT2D eigenvalue weighted by atomic mass is 9.72. The standard InChI is InChI=1S/C20H22N2O3/c1-11(23)13-9-25-10-14-12(13)7-18-20(8-16(14)21-18)15-5-3-4-6-17(15)22(2)19(20)24/h3-6,9,12,14,16,18,21H,7-8,10H2,1-2H3/t12-,14+,16+,18+,20+/m1/s1. The van der Waals surface area contributed by atoms with Crippen LogP contribution in [0.2, 0.25) is 0 Å². The zero-order chi connectivity index (χ0) is 17.3. The molecule has 0 saturated carbocycles. The van der Waals surface area contributed by atoms with E-state index in [1.165, 1.54) is 0 Å². The van der Waals surface area contributed by atoms with Crippen molar-refractivity contribution in [2.75, 3.05) is 18.6 Å². The van der Waals surface area contributed by atoms with Crippen molar-refractivity contribution in [3.05, 3.63) is 41.7 Å². The van der Waals surface area contributed by atoms with Crippen LogP contribution in [0.15, 0.2) is 36.1 Å². The number of ketones is 1. The van der Waals surface area contributed by atoms with Crippen LogP contribution in [0.3, 0.4) is 0 Å². The maximum atomic E-state index is 13.3. The van der Waals surface area contributed by atoms with Gasteiger partial charge in [0.1, 0.15) is 0 Å². The first-order valence-electron chi connectivity index (χ1n) is 9.00. The van der Waals surface area contributed by atoms with Gasteiger partial charge in [-0.1, -0.05) is 18.2 Å². The number of hydrogen-bond acceptors (Lipinski definition) is 4. The molecule has 5 atom stereocenters. The molecule has 4 heterocycles. The molecule has 0 aromatic heterocycles. The van der Waals surface area contributed by atoms with Crippen LogP contribution in [0.4, 0.5) is 5.69 Å². The van der Waals surface area contributed by atoms with Crippen molar-refractivity contribution in [2.45, 2.75) is 37.3 Å². The van der Waals surface area contributed by atoms with E-state index in [1.54, 1.807) is 18.1 Å². The Hall–Kier alpha value is -2.14. The van der Waals surface area contributed by atoms with Gasteiger partial charge in [-0.2, -0.15) is 0 Å². The molecule has 2 saturated heterocycles. The van der Waals surface area contributed by atoms with Crippen LogP contribution in [0.1, 0.15) is 25.3 Å². The fraction of sp³-hybridized carbons (Fsp3) is 0.500. The summed E-state index contributed by atoms with van der Waals surface area (Å²) >= 11 is 0. The summed E-state index contributed by atoms with van der Waals surface area (Å²) in [5, 5.41) is 3.71. The van der Waals surface area contributed by atoms with Gasteiger partial charge in [0, 0.05) is 36.3 Å². The van der Waals surface area contributed by atoms with Gasteiger partial charge in [-0.3, -0.25) is 9.59 Å². The lowest BCUT2D eigenvalue weighted by Gasteiger charge is -2.41. The lowest BCUT2D eigenvalue weighted by molar-refractivity contribution is -0.123. The van der Waals surface area contributed by atoms with E-state index in [0.29, 0.717) is 6.61 Å². The topological polar surface area (TPSA) is 58.6 Å². The zero-order valence-corrected chi connectivity index (χ0v) is 14.5. The first kappa shape index (κ1) is 15.1. The molecular formula is C20H22N2O3. The number of ether oxygens (including phenoxy) is 1. The Bertz CT molecular complexity index is 817. The highest BCUT2D eigenvalue weighted by Crippen LogP contribution is 2.55. The van der Waals surface area contributed by atoms with Crippen LogP contribution in [0.5, 0.6) is 0 Å². The van der Waals surface area contributed by atoms with Gasteiger partial charge in [0.25, 0.3) is 0 Å². The molecule has 1 aromatic carbocycles. The van der Waals surface area contributed by atoms with Crippen molar-refractivity contribution in [3.8, 4) is 0 Å². The Labute approximate surface area is 147 Å². The van der Waals surface area contributed by atoms with Crippen LogP contribution in [-0.2, 0) is 19.7 Å². The van der Waals surface area contributed by atoms with Crippen LogP contribution in [-0.4, -0.2) is 37.4 Å². The van der Waals surface area contributed by atoms with Gasteiger partial charge in [-0.05, 0) is 37.3 Å². The Balaban J connectivity index is 1.61. The number of carbonyl (C=O) groups is 2. The highest BCUT2D eigenvalue weighted by molar-refractivity contribution is 6.08. The van der Waals surface area contributed by atoms with Crippen LogP contribution in [0.25, 0.3) is 0 Å². The van der Waals surface area contributed by atoms with Gasteiger partial charge in [0.15, 0.2) is 5.78 Å². The Morgan fingerprint density at radius 3 is 2.96 bits per heavy atom. The fourth-order valence-corrected chi connectivity index (χ4v) is 5.67. The average Bonchev–Trinajstić information content (AvgIpc) is 3.04. The highest BCUT2D eigenvalue weighted by atomic mass is 16.5. The van der Waals surface area contributed by atoms with Gasteiger partial charge in [0.2, 0.25) is 5.91 Å². The molecule has 2 bridgehead atoms. The molecule has 1 amide bonds. The van der Waals surface area contributed by atoms with Gasteiger partial charge in [-0.25, -0.2) is 0 Å². The van der Waals surface area contributed by atoms with E-state index >= 15 is 0 Å². The Morgan fingerprint density at radius 1 is 1.36 bits per heavy atom. The summed E-state index contributed by atoms with van der Waals surface area (Å²) < 4.78 is 5.61. The second-order valence-corrected chi connectivity index (χ2v) is 7.85. The highest BCUT2D eigenvalue weighted by Gasteiger charge is 2.63. The molecule has 4 aliphatic heterocycles. The minimum atomic E-state index is -0.505. The molecule has 0 radical (unpaired) electrons. The first-order valence-corrected chi connectivity index (χ1v) is 9.00. The number of likely N-dealkylation sites (N-methyl/N-ethyl adjacent to an activating group) is 1. The van der Waals surface area contributed by atoms with Crippen molar-refractivity contribution < 1.29 is 14.3 Å². The zero-order valence-electron chi connectivity index (χ0n) is 14.5. The van der Waals surface area contributed by atoms with Crippen molar-refractivity contribution >= 4 is 17.4 Å². The number of piperidine rings is 1. The molecular weight excluding hydrogens is 316 g/mol. The number of Topliss-reactive ketones (excluding diaryl/α,β-unsaturated/α-hetero) is 1. The lowest BCUT2D eigenvalue weighted by Crippen LogP contribution is -2.53. The minimum Gasteiger partial charge on any atom is -0.500 e. The van der Waals surface area contributed by atoms with Crippen molar-refractivity contribution in [1.82, 2.24) is 5.32 Å². The summed E-state index contributed by atoms with van der Waals surface area (Å²) in [6.07, 6.45) is 3.24. The smallest absolute Gasteiger partial charge is 0.239 e. The molecule has 25 heavy (non-hydrogen) atoms. The van der Waals surface area contributed by atoms with E-state index in [2.05, 4.69) is 11.4 Å². The number of benzene rings is 1. The third-order valence-electron chi connectivity index (χ3n) is 6.81. The minimum absolute atomic E-state index is 0.0678. The van der Waals surface area contributed by atoms with E-state index in [0.717, 1.165) is 29.7 Å². The third-order valence-corrected chi connectivity index (χ3v) is 6.81. The molecule has 5 nitrogen and oxygen atoms in total. The number of rotatable bonds is 1. The second kappa shape index (κ2) is 4.94.